The molecule has 2 amide bonds. The van der Waals surface area contributed by atoms with E-state index in [0.29, 0.717) is 28.2 Å². The summed E-state index contributed by atoms with van der Waals surface area (Å²) in [5, 5.41) is 5.68. The Kier molecular flexibility index (Phi) is 6.08. The van der Waals surface area contributed by atoms with Gasteiger partial charge in [-0.05, 0) is 49.3 Å². The molecule has 2 heterocycles. The number of hydrogen-bond donors (Lipinski definition) is 3. The molecular formula is C24H24F3N5O3. The van der Waals surface area contributed by atoms with Crippen molar-refractivity contribution < 1.29 is 27.5 Å². The van der Waals surface area contributed by atoms with Gasteiger partial charge in [-0.25, -0.2) is 9.97 Å². The normalized spacial score (nSPS) is 16.7. The van der Waals surface area contributed by atoms with E-state index >= 15 is 0 Å². The van der Waals surface area contributed by atoms with Crippen LogP contribution in [0.3, 0.4) is 0 Å². The first kappa shape index (κ1) is 23.1. The Balaban J connectivity index is 1.17. The number of halogens is 3. The Hall–Kier alpha value is -3.63. The maximum Gasteiger partial charge on any atom is 0.573 e. The highest BCUT2D eigenvalue weighted by Crippen LogP contribution is 2.39. The van der Waals surface area contributed by atoms with Gasteiger partial charge in [-0.3, -0.25) is 9.59 Å². The van der Waals surface area contributed by atoms with Crippen molar-refractivity contribution in [2.75, 3.05) is 6.54 Å². The van der Waals surface area contributed by atoms with E-state index in [1.54, 1.807) is 12.4 Å². The molecule has 0 aliphatic heterocycles. The van der Waals surface area contributed by atoms with Crippen molar-refractivity contribution in [1.29, 1.82) is 0 Å². The van der Waals surface area contributed by atoms with Crippen LogP contribution in [0.15, 0.2) is 36.7 Å². The molecule has 0 saturated heterocycles. The fraction of sp³-hybridized carbons (Fsp3) is 0.417. The van der Waals surface area contributed by atoms with Gasteiger partial charge >= 0.3 is 6.36 Å². The van der Waals surface area contributed by atoms with Crippen molar-refractivity contribution in [2.45, 2.75) is 44.5 Å². The van der Waals surface area contributed by atoms with Crippen LogP contribution in [0.5, 0.6) is 5.75 Å². The summed E-state index contributed by atoms with van der Waals surface area (Å²) < 4.78 is 40.7. The number of nitrogens with zero attached hydrogens (tertiary/aromatic N) is 2. The van der Waals surface area contributed by atoms with E-state index in [4.69, 9.17) is 0 Å². The predicted octanol–water partition coefficient (Wildman–Crippen LogP) is 3.81. The first-order valence-corrected chi connectivity index (χ1v) is 11.5. The van der Waals surface area contributed by atoms with E-state index in [9.17, 15) is 22.8 Å². The molecule has 2 fully saturated rings. The van der Waals surface area contributed by atoms with Crippen molar-refractivity contribution in [3.05, 3.63) is 53.5 Å². The number of nitrogens with one attached hydrogen (secondary N) is 3. The molecule has 35 heavy (non-hydrogen) atoms. The molecule has 11 heteroatoms. The molecule has 5 rings (SSSR count). The average molecular weight is 487 g/mol. The van der Waals surface area contributed by atoms with Crippen molar-refractivity contribution in [3.63, 3.8) is 0 Å². The molecule has 1 atom stereocenters. The number of carbonyl (C=O) groups is 2. The summed E-state index contributed by atoms with van der Waals surface area (Å²) in [5.41, 5.74) is 2.99. The summed E-state index contributed by atoms with van der Waals surface area (Å²) in [6.07, 6.45) is 2.53. The van der Waals surface area contributed by atoms with Crippen LogP contribution < -0.4 is 15.4 Å². The van der Waals surface area contributed by atoms with Crippen molar-refractivity contribution in [1.82, 2.24) is 25.6 Å². The minimum atomic E-state index is -4.75. The van der Waals surface area contributed by atoms with Crippen LogP contribution in [0.4, 0.5) is 13.2 Å². The molecule has 0 unspecified atom stereocenters. The van der Waals surface area contributed by atoms with Crippen LogP contribution in [-0.4, -0.2) is 39.7 Å². The Labute approximate surface area is 198 Å². The van der Waals surface area contributed by atoms with E-state index in [-0.39, 0.29) is 36.6 Å². The van der Waals surface area contributed by atoms with Gasteiger partial charge in [0.05, 0.1) is 23.4 Å². The first-order chi connectivity index (χ1) is 16.8. The lowest BCUT2D eigenvalue weighted by molar-refractivity contribution is -0.274. The first-order valence-electron chi connectivity index (χ1n) is 11.5. The quantitative estimate of drug-likeness (QED) is 0.425. The van der Waals surface area contributed by atoms with E-state index < -0.39 is 12.3 Å². The van der Waals surface area contributed by atoms with Gasteiger partial charge in [-0.2, -0.15) is 0 Å². The molecule has 2 saturated carbocycles. The number of ether oxygens (including phenoxy) is 1. The lowest BCUT2D eigenvalue weighted by Crippen LogP contribution is -2.39. The van der Waals surface area contributed by atoms with Gasteiger partial charge in [-0.15, -0.1) is 13.2 Å². The summed E-state index contributed by atoms with van der Waals surface area (Å²) in [6, 6.07) is 5.32. The molecule has 8 nitrogen and oxygen atoms in total. The Bertz CT molecular complexity index is 1230. The standard InChI is InChI=1S/C24H24F3N5O3/c25-24(26,27)35-16-7-1-13(2-8-16)9-30-22(33)17(14-3-4-14)10-31-23(34)18-11-28-21-20(18)32-19(12-29-21)15-5-6-15/h1-2,7-8,11-12,14-15,17H,3-6,9-10H2,(H,28,29)(H,30,33)(H,31,34)/t17-/m1/s1. The molecule has 0 radical (unpaired) electrons. The molecule has 0 spiro atoms. The van der Waals surface area contributed by atoms with Crippen LogP contribution in [0.1, 0.15) is 53.2 Å². The third kappa shape index (κ3) is 5.72. The Morgan fingerprint density at radius 2 is 1.86 bits per heavy atom. The molecular weight excluding hydrogens is 463 g/mol. The number of H-pyrrole nitrogens is 1. The van der Waals surface area contributed by atoms with Gasteiger partial charge in [0.1, 0.15) is 11.3 Å². The summed E-state index contributed by atoms with van der Waals surface area (Å²) in [5.74, 6) is -0.658. The second-order valence-corrected chi connectivity index (χ2v) is 9.03. The molecule has 184 valence electrons. The highest BCUT2D eigenvalue weighted by molar-refractivity contribution is 6.04. The van der Waals surface area contributed by atoms with Crippen LogP contribution in [0, 0.1) is 11.8 Å². The molecule has 3 aromatic rings. The molecule has 3 N–H and O–H groups in total. The van der Waals surface area contributed by atoms with Crippen LogP contribution in [0.2, 0.25) is 0 Å². The van der Waals surface area contributed by atoms with Crippen LogP contribution in [0.25, 0.3) is 11.2 Å². The zero-order valence-electron chi connectivity index (χ0n) is 18.7. The van der Waals surface area contributed by atoms with E-state index in [2.05, 4.69) is 30.3 Å². The highest BCUT2D eigenvalue weighted by Gasteiger charge is 2.36. The second kappa shape index (κ2) is 9.20. The maximum atomic E-state index is 12.9. The van der Waals surface area contributed by atoms with E-state index in [1.807, 2.05) is 0 Å². The predicted molar refractivity (Wildman–Crippen MR) is 119 cm³/mol. The number of benzene rings is 1. The third-order valence-corrected chi connectivity index (χ3v) is 6.27. The molecule has 2 aliphatic carbocycles. The van der Waals surface area contributed by atoms with E-state index in [1.165, 1.54) is 24.3 Å². The number of fused-ring (bicyclic) bond motifs is 1. The summed E-state index contributed by atoms with van der Waals surface area (Å²) in [4.78, 5) is 37.6. The lowest BCUT2D eigenvalue weighted by Gasteiger charge is -2.17. The molecule has 2 aromatic heterocycles. The monoisotopic (exact) mass is 487 g/mol. The Morgan fingerprint density at radius 1 is 1.11 bits per heavy atom. The van der Waals surface area contributed by atoms with Crippen LogP contribution in [-0.2, 0) is 11.3 Å². The smallest absolute Gasteiger partial charge is 0.406 e. The fourth-order valence-electron chi connectivity index (χ4n) is 4.05. The zero-order chi connectivity index (χ0) is 24.6. The second-order valence-electron chi connectivity index (χ2n) is 9.03. The van der Waals surface area contributed by atoms with E-state index in [0.717, 1.165) is 31.4 Å². The van der Waals surface area contributed by atoms with Crippen LogP contribution >= 0.6 is 0 Å². The van der Waals surface area contributed by atoms with Gasteiger partial charge in [0.15, 0.2) is 5.65 Å². The van der Waals surface area contributed by atoms with Gasteiger partial charge in [0, 0.05) is 25.2 Å². The zero-order valence-corrected chi connectivity index (χ0v) is 18.7. The maximum absolute atomic E-state index is 12.9. The fourth-order valence-corrected chi connectivity index (χ4v) is 4.05. The van der Waals surface area contributed by atoms with Crippen molar-refractivity contribution in [2.24, 2.45) is 11.8 Å². The van der Waals surface area contributed by atoms with Gasteiger partial charge in [-0.1, -0.05) is 12.1 Å². The topological polar surface area (TPSA) is 109 Å². The minimum absolute atomic E-state index is 0.157. The number of hydrogen-bond acceptors (Lipinski definition) is 5. The largest absolute Gasteiger partial charge is 0.573 e. The minimum Gasteiger partial charge on any atom is -0.406 e. The van der Waals surface area contributed by atoms with Crippen molar-refractivity contribution >= 4 is 23.0 Å². The van der Waals surface area contributed by atoms with Gasteiger partial charge in [0.2, 0.25) is 5.91 Å². The number of alkyl halides is 3. The third-order valence-electron chi connectivity index (χ3n) is 6.27. The molecule has 0 bridgehead atoms. The summed E-state index contributed by atoms with van der Waals surface area (Å²) >= 11 is 0. The summed E-state index contributed by atoms with van der Waals surface area (Å²) in [7, 11) is 0. The number of amides is 2. The average Bonchev–Trinajstić information content (AvgIpc) is 3.75. The molecule has 1 aromatic carbocycles. The van der Waals surface area contributed by atoms with Gasteiger partial charge < -0.3 is 20.4 Å². The number of aromatic nitrogens is 3. The van der Waals surface area contributed by atoms with Gasteiger partial charge in [0.25, 0.3) is 5.91 Å². The Morgan fingerprint density at radius 3 is 2.51 bits per heavy atom. The number of aromatic amines is 1. The summed E-state index contributed by atoms with van der Waals surface area (Å²) in [6.45, 7) is 0.334. The van der Waals surface area contributed by atoms with Crippen molar-refractivity contribution in [3.8, 4) is 5.75 Å². The highest BCUT2D eigenvalue weighted by atomic mass is 19.4. The SMILES string of the molecule is O=C(NC[C@@H](C(=O)NCc1ccc(OC(F)(F)F)cc1)C1CC1)c1c[nH]c2ncc(C3CC3)nc12. The number of carbonyl (C=O) groups excluding carboxylic acids is 2. The lowest BCUT2D eigenvalue weighted by atomic mass is 10.0. The molecule has 2 aliphatic rings. The number of rotatable bonds is 9.